The van der Waals surface area contributed by atoms with Gasteiger partial charge >= 0.3 is 0 Å². The standard InChI is InChI=1S/C67H47N7O/c1-43-36-66(69-41-55(43)67-63(72-56-21-8-3-16-49(56)50-17-4-9-22-57(50)72)28-15-29-64(67)73-58-23-10-5-18-51(58)52-19-6-11-24-59(52)73)74-60-25-12-7-20-53(60)54-31-30-47(40-65(54)74)75-48-38-45(44-32-34-68-35-33-44)37-46(39-48)71-42-70(2)61-26-13-14-27-62(61)71/h3-41H,42H2,1-2H3. The molecule has 0 spiro atoms. The fourth-order valence-electron chi connectivity index (χ4n) is 12.0. The zero-order valence-electron chi connectivity index (χ0n) is 41.3. The first-order valence-corrected chi connectivity index (χ1v) is 25.5. The van der Waals surface area contributed by atoms with E-state index in [4.69, 9.17) is 9.72 Å². The highest BCUT2D eigenvalue weighted by atomic mass is 16.5. The van der Waals surface area contributed by atoms with E-state index in [2.05, 4.69) is 255 Å². The van der Waals surface area contributed by atoms with E-state index < -0.39 is 0 Å². The summed E-state index contributed by atoms with van der Waals surface area (Å²) in [6.07, 6.45) is 5.77. The first kappa shape index (κ1) is 42.7. The second kappa shape index (κ2) is 16.8. The molecular formula is C67H47N7O. The number of ether oxygens (including phenoxy) is 1. The molecule has 0 bridgehead atoms. The van der Waals surface area contributed by atoms with E-state index in [1.54, 1.807) is 0 Å². The summed E-state index contributed by atoms with van der Waals surface area (Å²) in [5.74, 6) is 2.30. The highest BCUT2D eigenvalue weighted by molar-refractivity contribution is 6.13. The Morgan fingerprint density at radius 2 is 0.920 bits per heavy atom. The van der Waals surface area contributed by atoms with Gasteiger partial charge in [0.15, 0.2) is 0 Å². The number of fused-ring (bicyclic) bond motifs is 10. The number of anilines is 3. The van der Waals surface area contributed by atoms with Gasteiger partial charge in [-0.2, -0.15) is 0 Å². The van der Waals surface area contributed by atoms with Crippen molar-refractivity contribution in [2.45, 2.75) is 6.92 Å². The van der Waals surface area contributed by atoms with E-state index in [0.29, 0.717) is 0 Å². The third kappa shape index (κ3) is 6.69. The highest BCUT2D eigenvalue weighted by Crippen LogP contribution is 2.46. The molecule has 0 saturated carbocycles. The highest BCUT2D eigenvalue weighted by Gasteiger charge is 2.27. The third-order valence-corrected chi connectivity index (χ3v) is 15.3. The van der Waals surface area contributed by atoms with E-state index in [1.165, 1.54) is 27.2 Å². The van der Waals surface area contributed by atoms with E-state index in [0.717, 1.165) is 118 Å². The van der Waals surface area contributed by atoms with Crippen LogP contribution in [0.1, 0.15) is 5.56 Å². The Kier molecular flexibility index (Phi) is 9.59. The van der Waals surface area contributed by atoms with Gasteiger partial charge in [-0.3, -0.25) is 9.55 Å². The second-order valence-corrected chi connectivity index (χ2v) is 19.6. The topological polar surface area (TPSA) is 56.3 Å². The third-order valence-electron chi connectivity index (χ3n) is 15.3. The van der Waals surface area contributed by atoms with Crippen LogP contribution in [0.2, 0.25) is 0 Å². The molecule has 75 heavy (non-hydrogen) atoms. The number of nitrogens with zero attached hydrogens (tertiary/aromatic N) is 7. The van der Waals surface area contributed by atoms with Gasteiger partial charge in [-0.05, 0) is 121 Å². The van der Waals surface area contributed by atoms with Crippen LogP contribution >= 0.6 is 0 Å². The summed E-state index contributed by atoms with van der Waals surface area (Å²) >= 11 is 0. The molecule has 15 rings (SSSR count). The lowest BCUT2D eigenvalue weighted by atomic mass is 9.98. The van der Waals surface area contributed by atoms with Gasteiger partial charge in [-0.1, -0.05) is 109 Å². The zero-order valence-corrected chi connectivity index (χ0v) is 41.3. The molecule has 0 atom stereocenters. The maximum Gasteiger partial charge on any atom is 0.137 e. The van der Waals surface area contributed by atoms with E-state index in [1.807, 2.05) is 24.5 Å². The van der Waals surface area contributed by atoms with Gasteiger partial charge in [0.1, 0.15) is 17.3 Å². The first-order chi connectivity index (χ1) is 37.0. The SMILES string of the molecule is Cc1cc(-n2c3ccccc3c3ccc(Oc4cc(-c5ccncc5)cc(N5CN(C)c6ccccc65)c4)cc32)ncc1-c1c(-n2c3ccccc3c3ccccc32)cccc1-n1c2ccccc2c2ccccc21. The van der Waals surface area contributed by atoms with Crippen LogP contribution in [-0.4, -0.2) is 37.4 Å². The van der Waals surface area contributed by atoms with Crippen molar-refractivity contribution in [2.75, 3.05) is 23.5 Å². The maximum absolute atomic E-state index is 6.98. The number of hydrogen-bond donors (Lipinski definition) is 0. The molecule has 0 radical (unpaired) electrons. The summed E-state index contributed by atoms with van der Waals surface area (Å²) in [7, 11) is 2.14. The predicted octanol–water partition coefficient (Wildman–Crippen LogP) is 16.7. The Hall–Kier alpha value is -9.92. The van der Waals surface area contributed by atoms with E-state index in [-0.39, 0.29) is 0 Å². The molecule has 0 unspecified atom stereocenters. The Morgan fingerprint density at radius 3 is 1.49 bits per heavy atom. The Balaban J connectivity index is 0.905. The molecular weight excluding hydrogens is 919 g/mol. The van der Waals surface area contributed by atoms with Crippen LogP contribution < -0.4 is 14.5 Å². The number of benzene rings is 9. The minimum Gasteiger partial charge on any atom is -0.457 e. The monoisotopic (exact) mass is 965 g/mol. The molecule has 0 saturated heterocycles. The van der Waals surface area contributed by atoms with E-state index >= 15 is 0 Å². The smallest absolute Gasteiger partial charge is 0.137 e. The van der Waals surface area contributed by atoms with Crippen LogP contribution in [0.25, 0.3) is 105 Å². The molecule has 5 aromatic heterocycles. The van der Waals surface area contributed by atoms with Crippen LogP contribution in [0.3, 0.4) is 0 Å². The molecule has 0 aliphatic carbocycles. The van der Waals surface area contributed by atoms with Gasteiger partial charge in [0, 0.05) is 86.9 Å². The summed E-state index contributed by atoms with van der Waals surface area (Å²) in [6, 6.07) is 78.2. The number of para-hydroxylation sites is 7. The number of rotatable bonds is 8. The lowest BCUT2D eigenvalue weighted by Gasteiger charge is -2.22. The van der Waals surface area contributed by atoms with Crippen LogP contribution in [0, 0.1) is 6.92 Å². The van der Waals surface area contributed by atoms with Crippen molar-refractivity contribution in [3.63, 3.8) is 0 Å². The Labute approximate surface area is 432 Å². The summed E-state index contributed by atoms with van der Waals surface area (Å²) in [5, 5.41) is 7.13. The Bertz CT molecular complexity index is 4360. The summed E-state index contributed by atoms with van der Waals surface area (Å²) in [5.41, 5.74) is 17.6. The van der Waals surface area contributed by atoms with Gasteiger partial charge in [-0.25, -0.2) is 4.98 Å². The summed E-state index contributed by atoms with van der Waals surface area (Å²) in [6.45, 7) is 2.95. The van der Waals surface area contributed by atoms with Gasteiger partial charge in [0.05, 0.1) is 62.5 Å². The fourth-order valence-corrected chi connectivity index (χ4v) is 12.0. The molecule has 1 aliphatic heterocycles. The molecule has 356 valence electrons. The molecule has 6 heterocycles. The van der Waals surface area contributed by atoms with Crippen molar-refractivity contribution in [1.29, 1.82) is 0 Å². The largest absolute Gasteiger partial charge is 0.457 e. The minimum absolute atomic E-state index is 0.725. The van der Waals surface area contributed by atoms with Crippen molar-refractivity contribution in [3.8, 4) is 50.9 Å². The Morgan fingerprint density at radius 1 is 0.413 bits per heavy atom. The average molecular weight is 966 g/mol. The van der Waals surface area contributed by atoms with E-state index in [9.17, 15) is 0 Å². The van der Waals surface area contributed by atoms with Crippen LogP contribution in [0.4, 0.5) is 17.1 Å². The normalized spacial score (nSPS) is 12.6. The number of aromatic nitrogens is 5. The van der Waals surface area contributed by atoms with Gasteiger partial charge < -0.3 is 23.7 Å². The van der Waals surface area contributed by atoms with Crippen molar-refractivity contribution < 1.29 is 4.74 Å². The summed E-state index contributed by atoms with van der Waals surface area (Å²) < 4.78 is 14.1. The lowest BCUT2D eigenvalue weighted by Crippen LogP contribution is -2.24. The molecule has 14 aromatic rings. The number of aryl methyl sites for hydroxylation is 1. The molecule has 1 aliphatic rings. The minimum atomic E-state index is 0.725. The van der Waals surface area contributed by atoms with Crippen molar-refractivity contribution in [2.24, 2.45) is 0 Å². The van der Waals surface area contributed by atoms with Crippen molar-refractivity contribution >= 4 is 82.5 Å². The van der Waals surface area contributed by atoms with Gasteiger partial charge in [-0.15, -0.1) is 0 Å². The van der Waals surface area contributed by atoms with Gasteiger partial charge in [0.25, 0.3) is 0 Å². The number of hydrogen-bond acceptors (Lipinski definition) is 5. The first-order valence-electron chi connectivity index (χ1n) is 25.5. The molecule has 9 aromatic carbocycles. The second-order valence-electron chi connectivity index (χ2n) is 19.6. The molecule has 0 amide bonds. The number of pyridine rings is 2. The fraction of sp³-hybridized carbons (Fsp3) is 0.0448. The summed E-state index contributed by atoms with van der Waals surface area (Å²) in [4.78, 5) is 14.4. The molecule has 0 N–H and O–H groups in total. The van der Waals surface area contributed by atoms with Crippen LogP contribution in [-0.2, 0) is 0 Å². The zero-order chi connectivity index (χ0) is 49.7. The van der Waals surface area contributed by atoms with Crippen molar-refractivity contribution in [3.05, 3.63) is 243 Å². The molecule has 8 nitrogen and oxygen atoms in total. The quantitative estimate of drug-likeness (QED) is 0.152. The lowest BCUT2D eigenvalue weighted by molar-refractivity contribution is 0.483. The van der Waals surface area contributed by atoms with Crippen LogP contribution in [0.15, 0.2) is 237 Å². The maximum atomic E-state index is 6.98. The van der Waals surface area contributed by atoms with Crippen molar-refractivity contribution in [1.82, 2.24) is 23.7 Å². The molecule has 8 heteroatoms. The van der Waals surface area contributed by atoms with Gasteiger partial charge in [0.2, 0.25) is 0 Å². The molecule has 0 fully saturated rings. The van der Waals surface area contributed by atoms with Crippen LogP contribution in [0.5, 0.6) is 11.5 Å². The average Bonchev–Trinajstić information content (AvgIpc) is 4.20. The predicted molar refractivity (Wildman–Crippen MR) is 309 cm³/mol.